The van der Waals surface area contributed by atoms with Crippen LogP contribution in [0.2, 0.25) is 0 Å². The molecule has 0 spiro atoms. The zero-order valence-corrected chi connectivity index (χ0v) is 21.8. The van der Waals surface area contributed by atoms with Gasteiger partial charge in [-0.25, -0.2) is 9.18 Å². The molecule has 3 aliphatic heterocycles. The number of H-pyrrole nitrogens is 1. The van der Waals surface area contributed by atoms with Crippen LogP contribution in [0.15, 0.2) is 36.4 Å². The first-order valence-corrected chi connectivity index (χ1v) is 12.9. The fraction of sp³-hybridized carbons (Fsp3) is 0.429. The number of aromatic hydroxyl groups is 1. The molecule has 4 heterocycles. The van der Waals surface area contributed by atoms with Crippen LogP contribution in [-0.2, 0) is 11.2 Å². The molecule has 0 saturated carbocycles. The molecule has 9 nitrogen and oxygen atoms in total. The summed E-state index contributed by atoms with van der Waals surface area (Å²) in [6.45, 7) is 6.45. The predicted octanol–water partition coefficient (Wildman–Crippen LogP) is 2.94. The van der Waals surface area contributed by atoms with Crippen molar-refractivity contribution in [3.8, 4) is 11.5 Å². The first kappa shape index (κ1) is 24.7. The highest BCUT2D eigenvalue weighted by Gasteiger charge is 2.60. The van der Waals surface area contributed by atoms with E-state index in [4.69, 9.17) is 4.74 Å². The Labute approximate surface area is 220 Å². The number of methoxy groups -OCH3 is 1. The Morgan fingerprint density at radius 2 is 1.89 bits per heavy atom. The van der Waals surface area contributed by atoms with E-state index in [9.17, 15) is 19.1 Å². The van der Waals surface area contributed by atoms with E-state index in [0.717, 1.165) is 37.1 Å². The topological polar surface area (TPSA) is 92.3 Å². The highest BCUT2D eigenvalue weighted by atomic mass is 19.1. The predicted molar refractivity (Wildman–Crippen MR) is 140 cm³/mol. The second kappa shape index (κ2) is 8.99. The van der Waals surface area contributed by atoms with Crippen molar-refractivity contribution in [3.05, 3.63) is 59.0 Å². The van der Waals surface area contributed by atoms with Gasteiger partial charge in [-0.15, -0.1) is 0 Å². The lowest BCUT2D eigenvalue weighted by Gasteiger charge is -2.42. The van der Waals surface area contributed by atoms with Gasteiger partial charge in [-0.2, -0.15) is 0 Å². The molecule has 2 aromatic carbocycles. The van der Waals surface area contributed by atoms with Crippen molar-refractivity contribution in [2.45, 2.75) is 24.9 Å². The largest absolute Gasteiger partial charge is 0.508 e. The van der Waals surface area contributed by atoms with E-state index in [2.05, 4.69) is 21.8 Å². The van der Waals surface area contributed by atoms with Gasteiger partial charge in [0.25, 0.3) is 5.91 Å². The van der Waals surface area contributed by atoms with Crippen molar-refractivity contribution in [1.29, 1.82) is 0 Å². The monoisotopic (exact) mass is 521 g/mol. The van der Waals surface area contributed by atoms with E-state index in [0.29, 0.717) is 29.9 Å². The van der Waals surface area contributed by atoms with Gasteiger partial charge in [0.2, 0.25) is 0 Å². The van der Waals surface area contributed by atoms with Gasteiger partial charge in [-0.3, -0.25) is 19.5 Å². The number of nitrogens with zero attached hydrogens (tertiary/aromatic N) is 4. The van der Waals surface area contributed by atoms with Crippen LogP contribution in [0.3, 0.4) is 0 Å². The summed E-state index contributed by atoms with van der Waals surface area (Å²) in [6, 6.07) is 8.73. The van der Waals surface area contributed by atoms with Crippen molar-refractivity contribution < 1.29 is 23.8 Å². The smallest absolute Gasteiger partial charge is 0.328 e. The number of phenolic OH excluding ortho intramolecular Hbond substituents is 1. The number of carbonyl (C=O) groups excluding carboxylic acids is 2. The zero-order valence-electron chi connectivity index (χ0n) is 21.8. The number of piperazine rings is 1. The molecule has 0 aliphatic carbocycles. The molecular weight excluding hydrogens is 489 g/mol. The second-order valence-electron chi connectivity index (χ2n) is 10.8. The van der Waals surface area contributed by atoms with E-state index in [1.807, 2.05) is 6.07 Å². The average molecular weight is 522 g/mol. The molecule has 6 rings (SSSR count). The number of ether oxygens (including phenoxy) is 1. The number of carbonyl (C=O) groups is 2. The average Bonchev–Trinajstić information content (AvgIpc) is 3.32. The van der Waals surface area contributed by atoms with E-state index in [1.165, 1.54) is 18.1 Å². The Morgan fingerprint density at radius 3 is 2.61 bits per heavy atom. The summed E-state index contributed by atoms with van der Waals surface area (Å²) in [4.78, 5) is 38.8. The molecule has 2 unspecified atom stereocenters. The number of aromatic nitrogens is 1. The van der Waals surface area contributed by atoms with Gasteiger partial charge in [0.1, 0.15) is 17.3 Å². The molecule has 3 aromatic rings. The number of amides is 3. The third kappa shape index (κ3) is 3.73. The number of benzene rings is 2. The van der Waals surface area contributed by atoms with Gasteiger partial charge < -0.3 is 19.7 Å². The number of rotatable bonds is 5. The number of urea groups is 1. The second-order valence-corrected chi connectivity index (χ2v) is 10.8. The SMILES string of the molecule is COc1cc2c3c([nH]c2cc1F)C(c1cccc(O)c1)N1C(=O)N(CCN2CCN(C)CC2)C(=O)C1(C)C3. The number of likely N-dealkylation sites (N-methyl/N-ethyl adjacent to an activating group) is 1. The minimum Gasteiger partial charge on any atom is -0.508 e. The number of aromatic amines is 1. The number of fused-ring (bicyclic) bond motifs is 4. The van der Waals surface area contributed by atoms with Crippen LogP contribution >= 0.6 is 0 Å². The van der Waals surface area contributed by atoms with Crippen molar-refractivity contribution in [3.63, 3.8) is 0 Å². The summed E-state index contributed by atoms with van der Waals surface area (Å²) in [5.41, 5.74) is 1.64. The molecule has 38 heavy (non-hydrogen) atoms. The van der Waals surface area contributed by atoms with Crippen LogP contribution in [0.5, 0.6) is 11.5 Å². The lowest BCUT2D eigenvalue weighted by Crippen LogP contribution is -2.53. The molecule has 3 aliphatic rings. The quantitative estimate of drug-likeness (QED) is 0.502. The van der Waals surface area contributed by atoms with Crippen LogP contribution in [0.25, 0.3) is 10.9 Å². The van der Waals surface area contributed by atoms with Gasteiger partial charge in [0.15, 0.2) is 11.6 Å². The Bertz CT molecular complexity index is 1430. The molecule has 1 aromatic heterocycles. The molecule has 10 heteroatoms. The molecule has 2 saturated heterocycles. The third-order valence-electron chi connectivity index (χ3n) is 8.36. The minimum atomic E-state index is -1.14. The van der Waals surface area contributed by atoms with E-state index >= 15 is 0 Å². The molecule has 2 atom stereocenters. The van der Waals surface area contributed by atoms with Gasteiger partial charge in [0, 0.05) is 68.4 Å². The summed E-state index contributed by atoms with van der Waals surface area (Å²) < 4.78 is 19.8. The lowest BCUT2D eigenvalue weighted by atomic mass is 9.81. The molecule has 3 amide bonds. The van der Waals surface area contributed by atoms with Crippen LogP contribution in [-0.4, -0.2) is 101 Å². The fourth-order valence-corrected chi connectivity index (χ4v) is 6.22. The zero-order chi connectivity index (χ0) is 26.8. The highest BCUT2D eigenvalue weighted by molar-refractivity contribution is 6.08. The standard InChI is InChI=1S/C28H32FN5O4/c1-28-16-20-19-14-23(38-3)21(29)15-22(19)30-24(20)25(17-5-4-6-18(35)13-17)34(28)27(37)33(26(28)36)12-11-32-9-7-31(2)8-10-32/h4-6,13-15,25,30,35H,7-12,16H2,1-3H3. The van der Waals surface area contributed by atoms with Crippen LogP contribution in [0.4, 0.5) is 9.18 Å². The summed E-state index contributed by atoms with van der Waals surface area (Å²) in [7, 11) is 3.51. The molecule has 2 fully saturated rings. The number of hydrogen-bond acceptors (Lipinski definition) is 6. The van der Waals surface area contributed by atoms with Gasteiger partial charge in [-0.1, -0.05) is 12.1 Å². The summed E-state index contributed by atoms with van der Waals surface area (Å²) in [6.07, 6.45) is 0.280. The molecular formula is C28H32FN5O4. The first-order chi connectivity index (χ1) is 18.2. The Balaban J connectivity index is 1.43. The molecule has 200 valence electrons. The normalized spacial score (nSPS) is 24.3. The maximum absolute atomic E-state index is 14.6. The van der Waals surface area contributed by atoms with Gasteiger partial charge in [-0.05, 0) is 43.3 Å². The van der Waals surface area contributed by atoms with Crippen LogP contribution in [0.1, 0.15) is 29.8 Å². The van der Waals surface area contributed by atoms with Crippen LogP contribution in [0, 0.1) is 5.82 Å². The first-order valence-electron chi connectivity index (χ1n) is 12.9. The minimum absolute atomic E-state index is 0.0602. The Morgan fingerprint density at radius 1 is 1.13 bits per heavy atom. The number of hydrogen-bond donors (Lipinski definition) is 2. The number of imide groups is 1. The summed E-state index contributed by atoms with van der Waals surface area (Å²) >= 11 is 0. The van der Waals surface area contributed by atoms with Crippen molar-refractivity contribution >= 4 is 22.8 Å². The van der Waals surface area contributed by atoms with E-state index in [1.54, 1.807) is 36.1 Å². The number of halogens is 1. The van der Waals surface area contributed by atoms with Gasteiger partial charge in [0.05, 0.1) is 7.11 Å². The highest BCUT2D eigenvalue weighted by Crippen LogP contribution is 2.49. The van der Waals surface area contributed by atoms with Crippen molar-refractivity contribution in [2.75, 3.05) is 53.4 Å². The Hall–Kier alpha value is -3.63. The Kier molecular flexibility index (Phi) is 5.84. The maximum atomic E-state index is 14.6. The van der Waals surface area contributed by atoms with E-state index in [-0.39, 0.29) is 29.9 Å². The van der Waals surface area contributed by atoms with Crippen LogP contribution < -0.4 is 4.74 Å². The number of nitrogens with one attached hydrogen (secondary N) is 1. The fourth-order valence-electron chi connectivity index (χ4n) is 6.22. The van der Waals surface area contributed by atoms with Crippen molar-refractivity contribution in [2.24, 2.45) is 0 Å². The van der Waals surface area contributed by atoms with Gasteiger partial charge >= 0.3 is 6.03 Å². The number of phenols is 1. The molecule has 0 bridgehead atoms. The maximum Gasteiger partial charge on any atom is 0.328 e. The summed E-state index contributed by atoms with van der Waals surface area (Å²) in [5.74, 6) is -0.564. The molecule has 0 radical (unpaired) electrons. The summed E-state index contributed by atoms with van der Waals surface area (Å²) in [5, 5.41) is 11.0. The van der Waals surface area contributed by atoms with E-state index < -0.39 is 17.4 Å². The van der Waals surface area contributed by atoms with Crippen molar-refractivity contribution in [1.82, 2.24) is 24.6 Å². The lowest BCUT2D eigenvalue weighted by molar-refractivity contribution is -0.133. The molecule has 2 N–H and O–H groups in total. The third-order valence-corrected chi connectivity index (χ3v) is 8.36.